The number of amides is 2. The molecule has 4 nitrogen and oxygen atoms in total. The van der Waals surface area contributed by atoms with Crippen LogP contribution in [-0.4, -0.2) is 25.7 Å². The summed E-state index contributed by atoms with van der Waals surface area (Å²) in [5, 5.41) is 5.47. The summed E-state index contributed by atoms with van der Waals surface area (Å²) in [5.74, 6) is 0.555. The van der Waals surface area contributed by atoms with Gasteiger partial charge in [0.1, 0.15) is 0 Å². The van der Waals surface area contributed by atoms with Gasteiger partial charge in [-0.05, 0) is 23.5 Å². The Morgan fingerprint density at radius 1 is 1.17 bits per heavy atom. The summed E-state index contributed by atoms with van der Waals surface area (Å²) < 4.78 is 0. The Bertz CT molecular complexity index is 360. The maximum absolute atomic E-state index is 11.3. The smallest absolute Gasteiger partial charge is 0.314 e. The summed E-state index contributed by atoms with van der Waals surface area (Å²) in [5.41, 5.74) is 7.87. The molecule has 0 aliphatic heterocycles. The molecule has 1 aromatic rings. The maximum atomic E-state index is 11.3. The quantitative estimate of drug-likeness (QED) is 0.717. The van der Waals surface area contributed by atoms with Crippen LogP contribution in [0.2, 0.25) is 0 Å². The van der Waals surface area contributed by atoms with Gasteiger partial charge in [-0.15, -0.1) is 0 Å². The van der Waals surface area contributed by atoms with Crippen molar-refractivity contribution in [3.63, 3.8) is 0 Å². The predicted molar refractivity (Wildman–Crippen MR) is 74.7 cm³/mol. The zero-order chi connectivity index (χ0) is 13.4. The summed E-state index contributed by atoms with van der Waals surface area (Å²) in [6, 6.07) is 8.38. The minimum absolute atomic E-state index is 0.153. The minimum Gasteiger partial charge on any atom is -0.338 e. The SMILES string of the molecule is CC(C)c1ccc(CCNC(=O)NCCN)cc1. The normalized spacial score (nSPS) is 10.4. The monoisotopic (exact) mass is 249 g/mol. The van der Waals surface area contributed by atoms with Crippen molar-refractivity contribution in [3.8, 4) is 0 Å². The van der Waals surface area contributed by atoms with E-state index in [1.807, 2.05) is 0 Å². The van der Waals surface area contributed by atoms with Crippen LogP contribution in [0.15, 0.2) is 24.3 Å². The molecule has 4 N–H and O–H groups in total. The van der Waals surface area contributed by atoms with E-state index >= 15 is 0 Å². The van der Waals surface area contributed by atoms with Crippen molar-refractivity contribution in [1.82, 2.24) is 10.6 Å². The molecular weight excluding hydrogens is 226 g/mol. The summed E-state index contributed by atoms with van der Waals surface area (Å²) >= 11 is 0. The van der Waals surface area contributed by atoms with Gasteiger partial charge in [-0.2, -0.15) is 0 Å². The van der Waals surface area contributed by atoms with Gasteiger partial charge < -0.3 is 16.4 Å². The van der Waals surface area contributed by atoms with E-state index < -0.39 is 0 Å². The molecule has 0 radical (unpaired) electrons. The highest BCUT2D eigenvalue weighted by Crippen LogP contribution is 2.14. The van der Waals surface area contributed by atoms with E-state index in [4.69, 9.17) is 5.73 Å². The van der Waals surface area contributed by atoms with Crippen LogP contribution < -0.4 is 16.4 Å². The number of urea groups is 1. The van der Waals surface area contributed by atoms with Gasteiger partial charge in [-0.25, -0.2) is 4.79 Å². The lowest BCUT2D eigenvalue weighted by atomic mass is 10.0. The molecule has 100 valence electrons. The number of nitrogens with two attached hydrogens (primary N) is 1. The molecule has 0 saturated carbocycles. The van der Waals surface area contributed by atoms with Crippen LogP contribution in [0.4, 0.5) is 4.79 Å². The fraction of sp³-hybridized carbons (Fsp3) is 0.500. The first kappa shape index (κ1) is 14.5. The van der Waals surface area contributed by atoms with Crippen molar-refractivity contribution in [2.24, 2.45) is 5.73 Å². The van der Waals surface area contributed by atoms with E-state index in [0.29, 0.717) is 25.6 Å². The third-order valence-electron chi connectivity index (χ3n) is 2.78. The van der Waals surface area contributed by atoms with Gasteiger partial charge in [-0.1, -0.05) is 38.1 Å². The molecule has 0 aromatic heterocycles. The van der Waals surface area contributed by atoms with Crippen molar-refractivity contribution in [1.29, 1.82) is 0 Å². The third-order valence-corrected chi connectivity index (χ3v) is 2.78. The first-order chi connectivity index (χ1) is 8.63. The number of benzene rings is 1. The molecule has 0 saturated heterocycles. The van der Waals surface area contributed by atoms with Gasteiger partial charge in [0.2, 0.25) is 0 Å². The summed E-state index contributed by atoms with van der Waals surface area (Å²) in [6.07, 6.45) is 0.842. The van der Waals surface area contributed by atoms with Gasteiger partial charge in [0.25, 0.3) is 0 Å². The topological polar surface area (TPSA) is 67.2 Å². The largest absolute Gasteiger partial charge is 0.338 e. The fourth-order valence-electron chi connectivity index (χ4n) is 1.64. The Hall–Kier alpha value is -1.55. The molecule has 0 bridgehead atoms. The maximum Gasteiger partial charge on any atom is 0.314 e. The molecule has 0 heterocycles. The van der Waals surface area contributed by atoms with Gasteiger partial charge in [0, 0.05) is 19.6 Å². The lowest BCUT2D eigenvalue weighted by molar-refractivity contribution is 0.241. The molecule has 4 heteroatoms. The van der Waals surface area contributed by atoms with E-state index in [0.717, 1.165) is 6.42 Å². The molecule has 18 heavy (non-hydrogen) atoms. The molecule has 2 amide bonds. The second-order valence-electron chi connectivity index (χ2n) is 4.62. The minimum atomic E-state index is -0.153. The number of hydrogen-bond donors (Lipinski definition) is 3. The van der Waals surface area contributed by atoms with E-state index in [-0.39, 0.29) is 6.03 Å². The van der Waals surface area contributed by atoms with E-state index in [2.05, 4.69) is 48.7 Å². The van der Waals surface area contributed by atoms with Gasteiger partial charge in [-0.3, -0.25) is 0 Å². The van der Waals surface area contributed by atoms with Crippen molar-refractivity contribution < 1.29 is 4.79 Å². The van der Waals surface area contributed by atoms with Crippen molar-refractivity contribution in [2.45, 2.75) is 26.2 Å². The average Bonchev–Trinajstić information content (AvgIpc) is 2.37. The van der Waals surface area contributed by atoms with Crippen molar-refractivity contribution in [2.75, 3.05) is 19.6 Å². The number of nitrogens with one attached hydrogen (secondary N) is 2. The number of rotatable bonds is 6. The van der Waals surface area contributed by atoms with Crippen LogP contribution in [0, 0.1) is 0 Å². The van der Waals surface area contributed by atoms with Gasteiger partial charge in [0.15, 0.2) is 0 Å². The average molecular weight is 249 g/mol. The van der Waals surface area contributed by atoms with Crippen LogP contribution in [0.3, 0.4) is 0 Å². The lowest BCUT2D eigenvalue weighted by Gasteiger charge is -2.08. The first-order valence-electron chi connectivity index (χ1n) is 6.44. The number of hydrogen-bond acceptors (Lipinski definition) is 2. The highest BCUT2D eigenvalue weighted by atomic mass is 16.2. The Kier molecular flexibility index (Phi) is 6.22. The summed E-state index contributed by atoms with van der Waals surface area (Å²) in [7, 11) is 0. The molecule has 1 rings (SSSR count). The van der Waals surface area contributed by atoms with Crippen LogP contribution in [0.25, 0.3) is 0 Å². The molecule has 0 aliphatic carbocycles. The number of carbonyl (C=O) groups is 1. The molecule has 0 spiro atoms. The summed E-state index contributed by atoms with van der Waals surface area (Å²) in [4.78, 5) is 11.3. The zero-order valence-electron chi connectivity index (χ0n) is 11.2. The fourth-order valence-corrected chi connectivity index (χ4v) is 1.64. The van der Waals surface area contributed by atoms with Crippen LogP contribution in [0.5, 0.6) is 0 Å². The number of carbonyl (C=O) groups excluding carboxylic acids is 1. The highest BCUT2D eigenvalue weighted by Gasteiger charge is 2.00. The molecular formula is C14H23N3O. The van der Waals surface area contributed by atoms with Gasteiger partial charge >= 0.3 is 6.03 Å². The molecule has 1 aromatic carbocycles. The Balaban J connectivity index is 2.29. The van der Waals surface area contributed by atoms with E-state index in [9.17, 15) is 4.79 Å². The van der Waals surface area contributed by atoms with Crippen LogP contribution in [-0.2, 0) is 6.42 Å². The summed E-state index contributed by atoms with van der Waals surface area (Å²) in [6.45, 7) is 5.97. The standard InChI is InChI=1S/C14H23N3O/c1-11(2)13-5-3-12(4-6-13)7-9-16-14(18)17-10-8-15/h3-6,11H,7-10,15H2,1-2H3,(H2,16,17,18). The predicted octanol–water partition coefficient (Wildman–Crippen LogP) is 1.61. The molecule has 0 aliphatic rings. The zero-order valence-corrected chi connectivity index (χ0v) is 11.2. The first-order valence-corrected chi connectivity index (χ1v) is 6.44. The lowest BCUT2D eigenvalue weighted by Crippen LogP contribution is -2.39. The third kappa shape index (κ3) is 5.19. The Labute approximate surface area is 109 Å². The molecule has 0 atom stereocenters. The van der Waals surface area contributed by atoms with E-state index in [1.54, 1.807) is 0 Å². The highest BCUT2D eigenvalue weighted by molar-refractivity contribution is 5.73. The second kappa shape index (κ2) is 7.71. The Morgan fingerprint density at radius 2 is 1.78 bits per heavy atom. The second-order valence-corrected chi connectivity index (χ2v) is 4.62. The van der Waals surface area contributed by atoms with Gasteiger partial charge in [0.05, 0.1) is 0 Å². The van der Waals surface area contributed by atoms with E-state index in [1.165, 1.54) is 11.1 Å². The van der Waals surface area contributed by atoms with Crippen molar-refractivity contribution >= 4 is 6.03 Å². The molecule has 0 fully saturated rings. The van der Waals surface area contributed by atoms with Crippen LogP contribution >= 0.6 is 0 Å². The van der Waals surface area contributed by atoms with Crippen molar-refractivity contribution in [3.05, 3.63) is 35.4 Å². The van der Waals surface area contributed by atoms with Crippen LogP contribution in [0.1, 0.15) is 30.9 Å². The molecule has 0 unspecified atom stereocenters. The Morgan fingerprint density at radius 3 is 2.33 bits per heavy atom.